The molecule has 0 radical (unpaired) electrons. The van der Waals surface area contributed by atoms with Crippen LogP contribution in [0.15, 0.2) is 0 Å². The van der Waals surface area contributed by atoms with E-state index in [1.807, 2.05) is 11.7 Å². The molecule has 1 aromatic rings. The SMILES string of the molecule is Cn1nc2c(c1CN1CC3C(=O)NC(=O)C3C1)CCCC2. The van der Waals surface area contributed by atoms with E-state index in [1.165, 1.54) is 29.8 Å². The first-order valence-electron chi connectivity index (χ1n) is 7.74. The summed E-state index contributed by atoms with van der Waals surface area (Å²) in [5.74, 6) is -0.498. The maximum Gasteiger partial charge on any atom is 0.231 e. The quantitative estimate of drug-likeness (QED) is 0.778. The van der Waals surface area contributed by atoms with Gasteiger partial charge in [-0.3, -0.25) is 24.5 Å². The van der Waals surface area contributed by atoms with E-state index in [1.54, 1.807) is 0 Å². The number of hydrogen-bond donors (Lipinski definition) is 1. The molecule has 1 aromatic heterocycles. The lowest BCUT2D eigenvalue weighted by Gasteiger charge is -2.18. The number of nitrogens with one attached hydrogen (secondary N) is 1. The van der Waals surface area contributed by atoms with Crippen molar-refractivity contribution in [1.82, 2.24) is 20.0 Å². The van der Waals surface area contributed by atoms with Crippen LogP contribution in [-0.2, 0) is 36.0 Å². The zero-order valence-corrected chi connectivity index (χ0v) is 12.3. The summed E-state index contributed by atoms with van der Waals surface area (Å²) in [6.07, 6.45) is 4.65. The molecule has 0 aromatic carbocycles. The van der Waals surface area contributed by atoms with Crippen molar-refractivity contribution in [3.8, 4) is 0 Å². The van der Waals surface area contributed by atoms with Crippen molar-refractivity contribution in [1.29, 1.82) is 0 Å². The largest absolute Gasteiger partial charge is 0.296 e. The third-order valence-corrected chi connectivity index (χ3v) is 5.14. The number of carbonyl (C=O) groups is 2. The fraction of sp³-hybridized carbons (Fsp3) is 0.667. The molecule has 2 saturated heterocycles. The average molecular weight is 288 g/mol. The van der Waals surface area contributed by atoms with Gasteiger partial charge in [-0.05, 0) is 31.2 Å². The lowest BCUT2D eigenvalue weighted by atomic mass is 9.96. The highest BCUT2D eigenvalue weighted by atomic mass is 16.2. The van der Waals surface area contributed by atoms with E-state index in [2.05, 4.69) is 15.3 Å². The molecule has 3 heterocycles. The van der Waals surface area contributed by atoms with Gasteiger partial charge in [0.15, 0.2) is 0 Å². The summed E-state index contributed by atoms with van der Waals surface area (Å²) in [6.45, 7) is 2.16. The van der Waals surface area contributed by atoms with E-state index in [4.69, 9.17) is 0 Å². The Kier molecular flexibility index (Phi) is 2.89. The first-order chi connectivity index (χ1) is 10.1. The van der Waals surface area contributed by atoms with Gasteiger partial charge in [-0.2, -0.15) is 5.10 Å². The topological polar surface area (TPSA) is 67.2 Å². The van der Waals surface area contributed by atoms with Gasteiger partial charge in [0.05, 0.1) is 23.2 Å². The second-order valence-electron chi connectivity index (χ2n) is 6.46. The average Bonchev–Trinajstić information content (AvgIpc) is 3.08. The molecule has 2 amide bonds. The minimum Gasteiger partial charge on any atom is -0.296 e. The van der Waals surface area contributed by atoms with Gasteiger partial charge in [-0.25, -0.2) is 0 Å². The fourth-order valence-corrected chi connectivity index (χ4v) is 4.01. The molecule has 0 saturated carbocycles. The van der Waals surface area contributed by atoms with E-state index in [-0.39, 0.29) is 23.7 Å². The Labute approximate surface area is 123 Å². The number of nitrogens with zero attached hydrogens (tertiary/aromatic N) is 3. The lowest BCUT2D eigenvalue weighted by molar-refractivity contribution is -0.126. The van der Waals surface area contributed by atoms with Gasteiger partial charge in [0.2, 0.25) is 11.8 Å². The summed E-state index contributed by atoms with van der Waals surface area (Å²) < 4.78 is 1.99. The molecule has 21 heavy (non-hydrogen) atoms. The molecular weight excluding hydrogens is 268 g/mol. The molecule has 1 aliphatic carbocycles. The molecule has 2 unspecified atom stereocenters. The van der Waals surface area contributed by atoms with Gasteiger partial charge >= 0.3 is 0 Å². The van der Waals surface area contributed by atoms with E-state index < -0.39 is 0 Å². The van der Waals surface area contributed by atoms with Crippen LogP contribution >= 0.6 is 0 Å². The van der Waals surface area contributed by atoms with Crippen molar-refractivity contribution >= 4 is 11.8 Å². The number of carbonyl (C=O) groups excluding carboxylic acids is 2. The highest BCUT2D eigenvalue weighted by Crippen LogP contribution is 2.31. The van der Waals surface area contributed by atoms with Gasteiger partial charge in [-0.15, -0.1) is 0 Å². The molecule has 6 nitrogen and oxygen atoms in total. The van der Waals surface area contributed by atoms with Crippen molar-refractivity contribution in [3.05, 3.63) is 17.0 Å². The summed E-state index contributed by atoms with van der Waals surface area (Å²) in [5.41, 5.74) is 3.90. The summed E-state index contributed by atoms with van der Waals surface area (Å²) in [5, 5.41) is 7.08. The molecule has 112 valence electrons. The highest BCUT2D eigenvalue weighted by molar-refractivity contribution is 6.05. The van der Waals surface area contributed by atoms with E-state index in [0.717, 1.165) is 19.4 Å². The third kappa shape index (κ3) is 2.00. The van der Waals surface area contributed by atoms with Gasteiger partial charge in [0.1, 0.15) is 0 Å². The van der Waals surface area contributed by atoms with Crippen LogP contribution in [0.25, 0.3) is 0 Å². The molecule has 2 aliphatic heterocycles. The zero-order valence-electron chi connectivity index (χ0n) is 12.3. The Morgan fingerprint density at radius 3 is 2.52 bits per heavy atom. The normalized spacial score (nSPS) is 28.6. The molecule has 2 fully saturated rings. The first-order valence-corrected chi connectivity index (χ1v) is 7.74. The summed E-state index contributed by atoms with van der Waals surface area (Å²) in [4.78, 5) is 25.7. The van der Waals surface area contributed by atoms with E-state index in [9.17, 15) is 9.59 Å². The van der Waals surface area contributed by atoms with Crippen molar-refractivity contribution in [3.63, 3.8) is 0 Å². The third-order valence-electron chi connectivity index (χ3n) is 5.14. The van der Waals surface area contributed by atoms with E-state index in [0.29, 0.717) is 13.1 Å². The second-order valence-corrected chi connectivity index (χ2v) is 6.46. The fourth-order valence-electron chi connectivity index (χ4n) is 4.01. The van der Waals surface area contributed by atoms with Crippen LogP contribution in [0.4, 0.5) is 0 Å². The van der Waals surface area contributed by atoms with Crippen LogP contribution in [-0.4, -0.2) is 39.6 Å². The number of aryl methyl sites for hydroxylation is 2. The van der Waals surface area contributed by atoms with Gasteiger partial charge in [0, 0.05) is 26.7 Å². The highest BCUT2D eigenvalue weighted by Gasteiger charge is 2.47. The number of imide groups is 1. The molecule has 3 aliphatic rings. The van der Waals surface area contributed by atoms with Crippen LogP contribution in [0, 0.1) is 11.8 Å². The van der Waals surface area contributed by atoms with Crippen molar-refractivity contribution in [2.75, 3.05) is 13.1 Å². The van der Waals surface area contributed by atoms with Gasteiger partial charge in [0.25, 0.3) is 0 Å². The predicted molar refractivity (Wildman–Crippen MR) is 75.3 cm³/mol. The summed E-state index contributed by atoms with van der Waals surface area (Å²) in [6, 6.07) is 0. The molecule has 1 N–H and O–H groups in total. The van der Waals surface area contributed by atoms with Crippen molar-refractivity contribution < 1.29 is 9.59 Å². The van der Waals surface area contributed by atoms with Crippen LogP contribution in [0.5, 0.6) is 0 Å². The number of aromatic nitrogens is 2. The monoisotopic (exact) mass is 288 g/mol. The molecule has 0 bridgehead atoms. The summed E-state index contributed by atoms with van der Waals surface area (Å²) >= 11 is 0. The maximum absolute atomic E-state index is 11.7. The van der Waals surface area contributed by atoms with Crippen LogP contribution in [0.2, 0.25) is 0 Å². The van der Waals surface area contributed by atoms with E-state index >= 15 is 0 Å². The number of hydrogen-bond acceptors (Lipinski definition) is 4. The lowest BCUT2D eigenvalue weighted by Crippen LogP contribution is -2.31. The maximum atomic E-state index is 11.7. The standard InChI is InChI=1S/C15H20N4O2/c1-18-13(9-4-2-3-5-12(9)17-18)8-19-6-10-11(7-19)15(21)16-14(10)20/h10-11H,2-8H2,1H3,(H,16,20,21). The molecule has 6 heteroatoms. The van der Waals surface area contributed by atoms with Crippen LogP contribution < -0.4 is 5.32 Å². The molecule has 2 atom stereocenters. The number of fused-ring (bicyclic) bond motifs is 2. The number of rotatable bonds is 2. The predicted octanol–water partition coefficient (Wildman–Crippen LogP) is 0.00330. The van der Waals surface area contributed by atoms with Crippen LogP contribution in [0.3, 0.4) is 0 Å². The minimum absolute atomic E-state index is 0.0977. The molecule has 0 spiro atoms. The Balaban J connectivity index is 1.54. The Bertz CT molecular complexity index is 599. The Morgan fingerprint density at radius 1 is 1.14 bits per heavy atom. The summed E-state index contributed by atoms with van der Waals surface area (Å²) in [7, 11) is 2.00. The molecule has 4 rings (SSSR count). The van der Waals surface area contributed by atoms with Crippen molar-refractivity contribution in [2.24, 2.45) is 18.9 Å². The number of amides is 2. The zero-order chi connectivity index (χ0) is 14.6. The first kappa shape index (κ1) is 13.0. The Hall–Kier alpha value is -1.69. The van der Waals surface area contributed by atoms with Gasteiger partial charge < -0.3 is 0 Å². The van der Waals surface area contributed by atoms with Gasteiger partial charge in [-0.1, -0.05) is 0 Å². The second kappa shape index (κ2) is 4.66. The van der Waals surface area contributed by atoms with Crippen LogP contribution in [0.1, 0.15) is 29.8 Å². The smallest absolute Gasteiger partial charge is 0.231 e. The minimum atomic E-state index is -0.151. The number of likely N-dealkylation sites (tertiary alicyclic amines) is 1. The Morgan fingerprint density at radius 2 is 1.81 bits per heavy atom. The van der Waals surface area contributed by atoms with Crippen molar-refractivity contribution in [2.45, 2.75) is 32.2 Å². The molecular formula is C15H20N4O2.